The van der Waals surface area contributed by atoms with E-state index >= 15 is 0 Å². The third-order valence-corrected chi connectivity index (χ3v) is 6.68. The van der Waals surface area contributed by atoms with E-state index in [1.807, 2.05) is 0 Å². The van der Waals surface area contributed by atoms with Gasteiger partial charge < -0.3 is 10.0 Å². The van der Waals surface area contributed by atoms with Crippen LogP contribution in [0.1, 0.15) is 48.0 Å². The summed E-state index contributed by atoms with van der Waals surface area (Å²) in [4.78, 5) is 26.4. The second-order valence-electron chi connectivity index (χ2n) is 7.17. The minimum Gasteiger partial charge on any atom is -0.480 e. The highest BCUT2D eigenvalue weighted by Gasteiger charge is 2.47. The normalized spacial score (nSPS) is 26.3. The maximum absolute atomic E-state index is 13.1. The smallest absolute Gasteiger partial charge is 0.326 e. The average Bonchev–Trinajstić information content (AvgIpc) is 2.93. The summed E-state index contributed by atoms with van der Waals surface area (Å²) < 4.78 is 23.9. The number of sulfone groups is 1. The molecule has 1 saturated heterocycles. The Morgan fingerprint density at radius 3 is 2.52 bits per heavy atom. The molecule has 2 fully saturated rings. The summed E-state index contributed by atoms with van der Waals surface area (Å²) >= 11 is 0. The SMILES string of the molecule is Cc1ccc(C(=O)N2[C@H](C(=O)O)C[C@@H]3CCCC[C@@H]32)cc1S(C)(=O)=O. The van der Waals surface area contributed by atoms with Crippen molar-refractivity contribution >= 4 is 21.7 Å². The van der Waals surface area contributed by atoms with Crippen molar-refractivity contribution in [3.63, 3.8) is 0 Å². The van der Waals surface area contributed by atoms with Gasteiger partial charge in [-0.3, -0.25) is 4.79 Å². The van der Waals surface area contributed by atoms with Gasteiger partial charge in [-0.25, -0.2) is 13.2 Å². The number of benzene rings is 1. The van der Waals surface area contributed by atoms with Gasteiger partial charge in [0.2, 0.25) is 0 Å². The average molecular weight is 365 g/mol. The maximum Gasteiger partial charge on any atom is 0.326 e. The molecule has 1 amide bonds. The van der Waals surface area contributed by atoms with Crippen molar-refractivity contribution in [3.8, 4) is 0 Å². The van der Waals surface area contributed by atoms with Crippen LogP contribution in [0.15, 0.2) is 23.1 Å². The van der Waals surface area contributed by atoms with E-state index < -0.39 is 21.8 Å². The zero-order valence-corrected chi connectivity index (χ0v) is 15.3. The van der Waals surface area contributed by atoms with Crippen LogP contribution in [0.25, 0.3) is 0 Å². The lowest BCUT2D eigenvalue weighted by Gasteiger charge is -2.33. The Bertz CT molecular complexity index is 817. The van der Waals surface area contributed by atoms with E-state index in [0.29, 0.717) is 12.0 Å². The number of nitrogens with zero attached hydrogens (tertiary/aromatic N) is 1. The number of hydrogen-bond acceptors (Lipinski definition) is 4. The first-order chi connectivity index (χ1) is 11.7. The van der Waals surface area contributed by atoms with Crippen molar-refractivity contribution in [3.05, 3.63) is 29.3 Å². The molecular weight excluding hydrogens is 342 g/mol. The van der Waals surface area contributed by atoms with E-state index in [4.69, 9.17) is 0 Å². The molecule has 1 heterocycles. The van der Waals surface area contributed by atoms with Gasteiger partial charge in [0.1, 0.15) is 6.04 Å². The fourth-order valence-corrected chi connectivity index (χ4v) is 5.25. The molecule has 0 spiro atoms. The van der Waals surface area contributed by atoms with Crippen LogP contribution >= 0.6 is 0 Å². The highest BCUT2D eigenvalue weighted by molar-refractivity contribution is 7.90. The number of hydrogen-bond donors (Lipinski definition) is 1. The van der Waals surface area contributed by atoms with Crippen molar-refractivity contribution < 1.29 is 23.1 Å². The van der Waals surface area contributed by atoms with Gasteiger partial charge in [-0.1, -0.05) is 18.9 Å². The monoisotopic (exact) mass is 365 g/mol. The molecule has 136 valence electrons. The van der Waals surface area contributed by atoms with Gasteiger partial charge >= 0.3 is 5.97 Å². The summed E-state index contributed by atoms with van der Waals surface area (Å²) in [5, 5.41) is 9.56. The van der Waals surface area contributed by atoms with E-state index in [0.717, 1.165) is 31.9 Å². The second kappa shape index (κ2) is 6.44. The van der Waals surface area contributed by atoms with Gasteiger partial charge in [-0.05, 0) is 49.8 Å². The Hall–Kier alpha value is -1.89. The molecule has 1 aromatic carbocycles. The standard InChI is InChI=1S/C18H23NO5S/c1-11-7-8-13(10-16(11)25(2,23)24)17(20)19-14-6-4-3-5-12(14)9-15(19)18(21)22/h7-8,10,12,14-15H,3-6,9H2,1-2H3,(H,21,22)/t12-,14-,15-/m0/s1. The van der Waals surface area contributed by atoms with Gasteiger partial charge in [0.05, 0.1) is 4.90 Å². The number of rotatable bonds is 3. The molecule has 3 rings (SSSR count). The maximum atomic E-state index is 13.1. The van der Waals surface area contributed by atoms with Crippen LogP contribution in [0.4, 0.5) is 0 Å². The molecule has 2 aliphatic rings. The van der Waals surface area contributed by atoms with Gasteiger partial charge in [0.25, 0.3) is 5.91 Å². The molecule has 0 unspecified atom stereocenters. The summed E-state index contributed by atoms with van der Waals surface area (Å²) in [6.07, 6.45) is 5.40. The van der Waals surface area contributed by atoms with Gasteiger partial charge in [-0.15, -0.1) is 0 Å². The fraction of sp³-hybridized carbons (Fsp3) is 0.556. The Labute approximate surface area is 147 Å². The molecule has 25 heavy (non-hydrogen) atoms. The highest BCUT2D eigenvalue weighted by Crippen LogP contribution is 2.40. The summed E-state index contributed by atoms with van der Waals surface area (Å²) in [5.41, 5.74) is 0.814. The molecule has 0 radical (unpaired) electrons. The van der Waals surface area contributed by atoms with Crippen LogP contribution < -0.4 is 0 Å². The Morgan fingerprint density at radius 1 is 1.20 bits per heavy atom. The number of amides is 1. The number of carboxylic acid groups (broad SMARTS) is 1. The number of aliphatic carboxylic acids is 1. The van der Waals surface area contributed by atoms with Crippen molar-refractivity contribution in [2.75, 3.05) is 6.26 Å². The minimum absolute atomic E-state index is 0.0645. The molecule has 6 nitrogen and oxygen atoms in total. The molecule has 0 aromatic heterocycles. The first-order valence-electron chi connectivity index (χ1n) is 8.56. The molecule has 1 aromatic rings. The van der Waals surface area contributed by atoms with Crippen LogP contribution in [0.3, 0.4) is 0 Å². The molecule has 7 heteroatoms. The van der Waals surface area contributed by atoms with E-state index in [-0.39, 0.29) is 28.3 Å². The van der Waals surface area contributed by atoms with Crippen molar-refractivity contribution in [1.82, 2.24) is 4.90 Å². The molecule has 1 N–H and O–H groups in total. The van der Waals surface area contributed by atoms with Crippen LogP contribution in [-0.4, -0.2) is 48.6 Å². The molecule has 1 saturated carbocycles. The molecule has 1 aliphatic carbocycles. The van der Waals surface area contributed by atoms with Gasteiger partial charge in [-0.2, -0.15) is 0 Å². The number of carbonyl (C=O) groups is 2. The van der Waals surface area contributed by atoms with E-state index in [2.05, 4.69) is 0 Å². The van der Waals surface area contributed by atoms with Crippen LogP contribution in [-0.2, 0) is 14.6 Å². The summed E-state index contributed by atoms with van der Waals surface area (Å²) in [6, 6.07) is 3.67. The topological polar surface area (TPSA) is 91.8 Å². The Morgan fingerprint density at radius 2 is 1.88 bits per heavy atom. The van der Waals surface area contributed by atoms with Crippen LogP contribution in [0, 0.1) is 12.8 Å². The first-order valence-corrected chi connectivity index (χ1v) is 10.5. The van der Waals surface area contributed by atoms with E-state index in [1.165, 1.54) is 11.0 Å². The van der Waals surface area contributed by atoms with Crippen molar-refractivity contribution in [1.29, 1.82) is 0 Å². The largest absolute Gasteiger partial charge is 0.480 e. The lowest BCUT2D eigenvalue weighted by molar-refractivity contribution is -0.141. The Kier molecular flexibility index (Phi) is 4.62. The van der Waals surface area contributed by atoms with E-state index in [1.54, 1.807) is 19.1 Å². The molecular formula is C18H23NO5S. The second-order valence-corrected chi connectivity index (χ2v) is 9.15. The third kappa shape index (κ3) is 3.29. The van der Waals surface area contributed by atoms with Gasteiger partial charge in [0, 0.05) is 17.9 Å². The van der Waals surface area contributed by atoms with Crippen molar-refractivity contribution in [2.24, 2.45) is 5.92 Å². The number of likely N-dealkylation sites (tertiary alicyclic amines) is 1. The van der Waals surface area contributed by atoms with Crippen molar-refractivity contribution in [2.45, 2.75) is 56.0 Å². The number of aryl methyl sites for hydroxylation is 1. The van der Waals surface area contributed by atoms with Gasteiger partial charge in [0.15, 0.2) is 9.84 Å². The lowest BCUT2D eigenvalue weighted by Crippen LogP contribution is -2.46. The Balaban J connectivity index is 1.99. The summed E-state index contributed by atoms with van der Waals surface area (Å²) in [7, 11) is -3.45. The minimum atomic E-state index is -3.45. The highest BCUT2D eigenvalue weighted by atomic mass is 32.2. The summed E-state index contributed by atoms with van der Waals surface area (Å²) in [5.74, 6) is -1.15. The van der Waals surface area contributed by atoms with E-state index in [9.17, 15) is 23.1 Å². The first kappa shape index (κ1) is 17.9. The van der Waals surface area contributed by atoms with Crippen LogP contribution in [0.2, 0.25) is 0 Å². The third-order valence-electron chi connectivity index (χ3n) is 5.44. The zero-order chi connectivity index (χ0) is 18.4. The quantitative estimate of drug-likeness (QED) is 0.887. The fourth-order valence-electron chi connectivity index (χ4n) is 4.25. The van der Waals surface area contributed by atoms with Crippen LogP contribution in [0.5, 0.6) is 0 Å². The lowest BCUT2D eigenvalue weighted by atomic mass is 9.84. The predicted molar refractivity (Wildman–Crippen MR) is 92.2 cm³/mol. The zero-order valence-electron chi connectivity index (χ0n) is 14.4. The number of carboxylic acids is 1. The number of carbonyl (C=O) groups excluding carboxylic acids is 1. The summed E-state index contributed by atoms with van der Waals surface area (Å²) in [6.45, 7) is 1.68. The molecule has 0 bridgehead atoms. The predicted octanol–water partition coefficient (Wildman–Crippen LogP) is 2.26. The molecule has 1 aliphatic heterocycles. The number of fused-ring (bicyclic) bond motifs is 1. The molecule has 3 atom stereocenters.